The average Bonchev–Trinajstić information content (AvgIpc) is 2.28. The van der Waals surface area contributed by atoms with Crippen molar-refractivity contribution in [3.8, 4) is 0 Å². The maximum absolute atomic E-state index is 10.5. The van der Waals surface area contributed by atoms with E-state index < -0.39 is 30.9 Å². The normalized spacial score (nSPS) is 33.5. The third-order valence-electron chi connectivity index (χ3n) is 1.59. The van der Waals surface area contributed by atoms with E-state index in [2.05, 4.69) is 4.74 Å². The summed E-state index contributed by atoms with van der Waals surface area (Å²) < 4.78 is 4.53. The fraction of sp³-hybridized carbons (Fsp3) is 0.833. The van der Waals surface area contributed by atoms with Gasteiger partial charge < -0.3 is 20.1 Å². The standard InChI is InChI=1S/C6H10O5/c7-2-4(9)6-3(8)1-5(10)11-6/h3-4,6-9H,1-2H2/t3-,4?,6-/m1/s1. The van der Waals surface area contributed by atoms with Gasteiger partial charge in [-0.05, 0) is 0 Å². The second-order valence-corrected chi connectivity index (χ2v) is 2.48. The molecule has 1 unspecified atom stereocenters. The molecule has 0 bridgehead atoms. The Bertz CT molecular complexity index is 157. The average molecular weight is 162 g/mol. The van der Waals surface area contributed by atoms with Crippen molar-refractivity contribution in [1.29, 1.82) is 0 Å². The molecule has 11 heavy (non-hydrogen) atoms. The summed E-state index contributed by atoms with van der Waals surface area (Å²) in [5.41, 5.74) is 0. The van der Waals surface area contributed by atoms with Crippen molar-refractivity contribution < 1.29 is 24.9 Å². The number of ether oxygens (including phenoxy) is 1. The number of esters is 1. The van der Waals surface area contributed by atoms with Crippen molar-refractivity contribution in [3.05, 3.63) is 0 Å². The summed E-state index contributed by atoms with van der Waals surface area (Å²) in [7, 11) is 0. The number of hydrogen-bond donors (Lipinski definition) is 3. The topological polar surface area (TPSA) is 87.0 Å². The molecule has 0 radical (unpaired) electrons. The molecule has 1 fully saturated rings. The minimum Gasteiger partial charge on any atom is -0.457 e. The zero-order valence-electron chi connectivity index (χ0n) is 5.80. The first-order chi connectivity index (χ1) is 5.15. The Morgan fingerprint density at radius 1 is 1.73 bits per heavy atom. The zero-order valence-corrected chi connectivity index (χ0v) is 5.80. The fourth-order valence-electron chi connectivity index (χ4n) is 1.00. The van der Waals surface area contributed by atoms with E-state index in [0.29, 0.717) is 0 Å². The molecule has 3 N–H and O–H groups in total. The summed E-state index contributed by atoms with van der Waals surface area (Å²) in [6, 6.07) is 0. The number of aliphatic hydroxyl groups is 3. The van der Waals surface area contributed by atoms with E-state index >= 15 is 0 Å². The monoisotopic (exact) mass is 162 g/mol. The van der Waals surface area contributed by atoms with Crippen LogP contribution in [0, 0.1) is 0 Å². The molecule has 0 aromatic heterocycles. The first-order valence-corrected chi connectivity index (χ1v) is 3.31. The molecule has 0 aromatic rings. The molecular weight excluding hydrogens is 152 g/mol. The van der Waals surface area contributed by atoms with E-state index in [1.807, 2.05) is 0 Å². The van der Waals surface area contributed by atoms with E-state index in [1.165, 1.54) is 0 Å². The van der Waals surface area contributed by atoms with Crippen LogP contribution in [0.3, 0.4) is 0 Å². The molecule has 5 nitrogen and oxygen atoms in total. The third-order valence-corrected chi connectivity index (χ3v) is 1.59. The van der Waals surface area contributed by atoms with Crippen molar-refractivity contribution in [1.82, 2.24) is 0 Å². The lowest BCUT2D eigenvalue weighted by Crippen LogP contribution is -2.36. The van der Waals surface area contributed by atoms with Gasteiger partial charge in [0.25, 0.3) is 0 Å². The SMILES string of the molecule is O=C1C[C@@H](O)[C@H](C(O)CO)O1. The Hall–Kier alpha value is -0.650. The van der Waals surface area contributed by atoms with E-state index in [-0.39, 0.29) is 6.42 Å². The lowest BCUT2D eigenvalue weighted by molar-refractivity contribution is -0.147. The molecule has 1 heterocycles. The van der Waals surface area contributed by atoms with Crippen LogP contribution in [0.15, 0.2) is 0 Å². The van der Waals surface area contributed by atoms with Gasteiger partial charge >= 0.3 is 5.97 Å². The Labute approximate surface area is 63.2 Å². The van der Waals surface area contributed by atoms with Gasteiger partial charge in [-0.15, -0.1) is 0 Å². The van der Waals surface area contributed by atoms with Crippen LogP contribution >= 0.6 is 0 Å². The molecule has 0 amide bonds. The van der Waals surface area contributed by atoms with Crippen LogP contribution in [-0.4, -0.2) is 46.2 Å². The summed E-state index contributed by atoms with van der Waals surface area (Å²) in [4.78, 5) is 10.5. The number of rotatable bonds is 2. The number of carbonyl (C=O) groups excluding carboxylic acids is 1. The molecule has 1 rings (SSSR count). The summed E-state index contributed by atoms with van der Waals surface area (Å²) >= 11 is 0. The lowest BCUT2D eigenvalue weighted by atomic mass is 10.1. The summed E-state index contributed by atoms with van der Waals surface area (Å²) in [5, 5.41) is 26.4. The third kappa shape index (κ3) is 1.68. The smallest absolute Gasteiger partial charge is 0.309 e. The highest BCUT2D eigenvalue weighted by Crippen LogP contribution is 2.17. The van der Waals surface area contributed by atoms with Crippen LogP contribution in [0.5, 0.6) is 0 Å². The highest BCUT2D eigenvalue weighted by molar-refractivity contribution is 5.72. The van der Waals surface area contributed by atoms with Crippen molar-refractivity contribution in [3.63, 3.8) is 0 Å². The van der Waals surface area contributed by atoms with Gasteiger partial charge in [0.05, 0.1) is 13.0 Å². The second kappa shape index (κ2) is 3.17. The van der Waals surface area contributed by atoms with E-state index in [1.54, 1.807) is 0 Å². The molecule has 0 aromatic carbocycles. The number of carbonyl (C=O) groups is 1. The van der Waals surface area contributed by atoms with Gasteiger partial charge in [-0.25, -0.2) is 0 Å². The molecule has 0 aliphatic carbocycles. The van der Waals surface area contributed by atoms with Crippen LogP contribution in [0.2, 0.25) is 0 Å². The molecule has 1 saturated heterocycles. The Balaban J connectivity index is 2.52. The van der Waals surface area contributed by atoms with Crippen LogP contribution in [0.25, 0.3) is 0 Å². The molecule has 0 saturated carbocycles. The molecule has 0 spiro atoms. The van der Waals surface area contributed by atoms with Gasteiger partial charge in [-0.2, -0.15) is 0 Å². The minimum absolute atomic E-state index is 0.109. The predicted octanol–water partition coefficient (Wildman–Crippen LogP) is -1.98. The van der Waals surface area contributed by atoms with Gasteiger partial charge in [0.2, 0.25) is 0 Å². The predicted molar refractivity (Wildman–Crippen MR) is 33.6 cm³/mol. The molecular formula is C6H10O5. The van der Waals surface area contributed by atoms with Crippen molar-refractivity contribution in [2.75, 3.05) is 6.61 Å². The van der Waals surface area contributed by atoms with Crippen molar-refractivity contribution >= 4 is 5.97 Å². The van der Waals surface area contributed by atoms with E-state index in [0.717, 1.165) is 0 Å². The Kier molecular flexibility index (Phi) is 2.43. The van der Waals surface area contributed by atoms with Crippen molar-refractivity contribution in [2.24, 2.45) is 0 Å². The number of hydrogen-bond acceptors (Lipinski definition) is 5. The van der Waals surface area contributed by atoms with Crippen LogP contribution in [0.4, 0.5) is 0 Å². The molecule has 64 valence electrons. The highest BCUT2D eigenvalue weighted by Gasteiger charge is 2.37. The van der Waals surface area contributed by atoms with Gasteiger partial charge in [-0.1, -0.05) is 0 Å². The first kappa shape index (κ1) is 8.45. The quantitative estimate of drug-likeness (QED) is 0.409. The maximum Gasteiger partial charge on any atom is 0.309 e. The second-order valence-electron chi connectivity index (χ2n) is 2.48. The largest absolute Gasteiger partial charge is 0.457 e. The summed E-state index contributed by atoms with van der Waals surface area (Å²) in [6.07, 6.45) is -3.25. The van der Waals surface area contributed by atoms with E-state index in [4.69, 9.17) is 15.3 Å². The van der Waals surface area contributed by atoms with Crippen molar-refractivity contribution in [2.45, 2.75) is 24.7 Å². The van der Waals surface area contributed by atoms with E-state index in [9.17, 15) is 4.79 Å². The maximum atomic E-state index is 10.5. The van der Waals surface area contributed by atoms with Crippen LogP contribution in [-0.2, 0) is 9.53 Å². The molecule has 1 aliphatic heterocycles. The minimum atomic E-state index is -1.18. The van der Waals surface area contributed by atoms with Crippen LogP contribution in [0.1, 0.15) is 6.42 Å². The lowest BCUT2D eigenvalue weighted by Gasteiger charge is -2.16. The summed E-state index contributed by atoms with van der Waals surface area (Å²) in [6.45, 7) is -0.519. The Morgan fingerprint density at radius 2 is 2.36 bits per heavy atom. The van der Waals surface area contributed by atoms with Gasteiger partial charge in [0, 0.05) is 0 Å². The molecule has 5 heteroatoms. The number of cyclic esters (lactones) is 1. The first-order valence-electron chi connectivity index (χ1n) is 3.31. The van der Waals surface area contributed by atoms with Crippen LogP contribution < -0.4 is 0 Å². The Morgan fingerprint density at radius 3 is 2.73 bits per heavy atom. The highest BCUT2D eigenvalue weighted by atomic mass is 16.6. The zero-order chi connectivity index (χ0) is 8.43. The van der Waals surface area contributed by atoms with Gasteiger partial charge in [0.1, 0.15) is 12.2 Å². The summed E-state index contributed by atoms with van der Waals surface area (Å²) in [5.74, 6) is -0.546. The number of aliphatic hydroxyl groups excluding tert-OH is 3. The molecule has 1 aliphatic rings. The fourth-order valence-corrected chi connectivity index (χ4v) is 1.00. The van der Waals surface area contributed by atoms with Gasteiger partial charge in [0.15, 0.2) is 6.10 Å². The molecule has 3 atom stereocenters. The van der Waals surface area contributed by atoms with Gasteiger partial charge in [-0.3, -0.25) is 4.79 Å².